The first-order chi connectivity index (χ1) is 15.2. The zero-order valence-corrected chi connectivity index (χ0v) is 19.6. The molecule has 1 aliphatic heterocycles. The van der Waals surface area contributed by atoms with E-state index >= 15 is 0 Å². The number of carbonyl (C=O) groups is 1. The van der Waals surface area contributed by atoms with Crippen LogP contribution in [-0.4, -0.2) is 37.1 Å². The Labute approximate surface area is 193 Å². The van der Waals surface area contributed by atoms with Crippen LogP contribution in [-0.2, 0) is 0 Å². The van der Waals surface area contributed by atoms with Crippen molar-refractivity contribution in [2.45, 2.75) is 52.2 Å². The number of urea groups is 1. The van der Waals surface area contributed by atoms with Gasteiger partial charge >= 0.3 is 6.03 Å². The molecule has 168 valence electrons. The Bertz CT molecular complexity index is 1110. The smallest absolute Gasteiger partial charge is 0.323 e. The van der Waals surface area contributed by atoms with Crippen molar-refractivity contribution in [1.29, 1.82) is 0 Å². The van der Waals surface area contributed by atoms with Gasteiger partial charge in [0, 0.05) is 23.1 Å². The van der Waals surface area contributed by atoms with Crippen LogP contribution >= 0.6 is 11.6 Å². The van der Waals surface area contributed by atoms with Gasteiger partial charge in [0.25, 0.3) is 0 Å². The van der Waals surface area contributed by atoms with Crippen LogP contribution in [0.1, 0.15) is 46.4 Å². The van der Waals surface area contributed by atoms with Gasteiger partial charge in [-0.25, -0.2) is 14.8 Å². The van der Waals surface area contributed by atoms with Crippen LogP contribution in [0, 0.1) is 5.92 Å². The lowest BCUT2D eigenvalue weighted by Gasteiger charge is -2.33. The highest BCUT2D eigenvalue weighted by Gasteiger charge is 2.47. The van der Waals surface area contributed by atoms with E-state index in [0.29, 0.717) is 16.8 Å². The summed E-state index contributed by atoms with van der Waals surface area (Å²) >= 11 is 5.98. The molecule has 4 rings (SSSR count). The van der Waals surface area contributed by atoms with E-state index in [0.717, 1.165) is 11.4 Å². The van der Waals surface area contributed by atoms with Crippen LogP contribution in [0.25, 0.3) is 5.69 Å². The number of nitrogens with zero attached hydrogens (tertiary/aromatic N) is 5. The minimum Gasteiger partial charge on any atom is -0.346 e. The highest BCUT2D eigenvalue weighted by molar-refractivity contribution is 6.30. The molecule has 0 saturated carbocycles. The fourth-order valence-electron chi connectivity index (χ4n) is 4.37. The molecule has 1 aromatic carbocycles. The number of aromatic nitrogens is 4. The molecule has 2 N–H and O–H groups in total. The molecule has 8 nitrogen and oxygen atoms in total. The van der Waals surface area contributed by atoms with Crippen molar-refractivity contribution in [1.82, 2.24) is 24.8 Å². The summed E-state index contributed by atoms with van der Waals surface area (Å²) < 4.78 is 1.94. The highest BCUT2D eigenvalue weighted by Crippen LogP contribution is 2.33. The molecule has 9 heteroatoms. The number of benzene rings is 1. The van der Waals surface area contributed by atoms with Gasteiger partial charge in [0.1, 0.15) is 5.82 Å². The molecule has 1 aliphatic rings. The zero-order valence-electron chi connectivity index (χ0n) is 18.9. The maximum absolute atomic E-state index is 12.7. The first kappa shape index (κ1) is 22.1. The van der Waals surface area contributed by atoms with Crippen molar-refractivity contribution >= 4 is 29.4 Å². The molecule has 0 bridgehead atoms. The quantitative estimate of drug-likeness (QED) is 0.558. The predicted octanol–water partition coefficient (Wildman–Crippen LogP) is 4.82. The minimum absolute atomic E-state index is 0.0229. The summed E-state index contributed by atoms with van der Waals surface area (Å²) in [5.41, 5.74) is 1.46. The van der Waals surface area contributed by atoms with Gasteiger partial charge in [-0.1, -0.05) is 25.4 Å². The number of hydrogen-bond donors (Lipinski definition) is 2. The Balaban J connectivity index is 1.53. The van der Waals surface area contributed by atoms with Crippen molar-refractivity contribution in [2.75, 3.05) is 10.2 Å². The Morgan fingerprint density at radius 2 is 1.84 bits per heavy atom. The van der Waals surface area contributed by atoms with E-state index in [1.807, 2.05) is 55.8 Å². The van der Waals surface area contributed by atoms with Crippen molar-refractivity contribution in [3.63, 3.8) is 0 Å². The maximum atomic E-state index is 12.7. The molecule has 3 aromatic rings. The van der Waals surface area contributed by atoms with Gasteiger partial charge < -0.3 is 15.2 Å². The van der Waals surface area contributed by atoms with E-state index in [1.54, 1.807) is 23.5 Å². The number of halogens is 1. The largest absolute Gasteiger partial charge is 0.346 e. The maximum Gasteiger partial charge on any atom is 0.323 e. The molecule has 0 spiro atoms. The Hall–Kier alpha value is -3.13. The van der Waals surface area contributed by atoms with E-state index in [1.165, 1.54) is 0 Å². The number of imidazole rings is 1. The summed E-state index contributed by atoms with van der Waals surface area (Å²) in [5, 5.41) is 7.05. The monoisotopic (exact) mass is 453 g/mol. The van der Waals surface area contributed by atoms with Gasteiger partial charge in [0.15, 0.2) is 0 Å². The third kappa shape index (κ3) is 4.27. The summed E-state index contributed by atoms with van der Waals surface area (Å²) in [6.07, 6.45) is 5.38. The predicted molar refractivity (Wildman–Crippen MR) is 126 cm³/mol. The van der Waals surface area contributed by atoms with Crippen LogP contribution in [0.5, 0.6) is 0 Å². The lowest BCUT2D eigenvalue weighted by Crippen LogP contribution is -2.48. The fraction of sp³-hybridized carbons (Fsp3) is 0.391. The SMILES string of the molecule is CC(C)[C@@H]1N(c2ccnc(N[C@@H](C)c3cn(-c4ccc(Cl)cc4)cn3)n2)C(=O)NC1(C)C. The Kier molecular flexibility index (Phi) is 5.81. The lowest BCUT2D eigenvalue weighted by molar-refractivity contribution is 0.248. The van der Waals surface area contributed by atoms with E-state index in [4.69, 9.17) is 11.6 Å². The summed E-state index contributed by atoms with van der Waals surface area (Å²) in [5.74, 6) is 1.27. The number of rotatable bonds is 6. The number of amides is 2. The summed E-state index contributed by atoms with van der Waals surface area (Å²) in [4.78, 5) is 28.0. The molecule has 2 aromatic heterocycles. The van der Waals surface area contributed by atoms with Crippen molar-refractivity contribution < 1.29 is 4.79 Å². The third-order valence-corrected chi connectivity index (χ3v) is 5.95. The molecule has 2 atom stereocenters. The molecular formula is C23H28ClN7O. The Morgan fingerprint density at radius 3 is 2.53 bits per heavy atom. The van der Waals surface area contributed by atoms with E-state index < -0.39 is 0 Å². The van der Waals surface area contributed by atoms with Crippen LogP contribution < -0.4 is 15.5 Å². The number of carbonyl (C=O) groups excluding carboxylic acids is 1. The summed E-state index contributed by atoms with van der Waals surface area (Å²) in [7, 11) is 0. The fourth-order valence-corrected chi connectivity index (χ4v) is 4.50. The van der Waals surface area contributed by atoms with Gasteiger partial charge in [-0.05, 0) is 57.0 Å². The van der Waals surface area contributed by atoms with Crippen molar-refractivity contribution in [3.8, 4) is 5.69 Å². The topological polar surface area (TPSA) is 88.0 Å². The van der Waals surface area contributed by atoms with Gasteiger partial charge in [-0.2, -0.15) is 4.98 Å². The van der Waals surface area contributed by atoms with Crippen LogP contribution in [0.3, 0.4) is 0 Å². The molecular weight excluding hydrogens is 426 g/mol. The molecule has 0 radical (unpaired) electrons. The average molecular weight is 454 g/mol. The number of hydrogen-bond acceptors (Lipinski definition) is 5. The third-order valence-electron chi connectivity index (χ3n) is 5.70. The minimum atomic E-state index is -0.356. The average Bonchev–Trinajstić information content (AvgIpc) is 3.30. The summed E-state index contributed by atoms with van der Waals surface area (Å²) in [6, 6.07) is 9.03. The normalized spacial score (nSPS) is 18.7. The number of nitrogens with one attached hydrogen (secondary N) is 2. The standard InChI is InChI=1S/C23H28ClN7O/c1-14(2)20-23(4,5)29-22(32)31(20)19-10-11-25-21(28-19)27-15(3)18-12-30(13-26-18)17-8-6-16(24)7-9-17/h6-15,20H,1-5H3,(H,29,32)(H,25,27,28)/t15-,20-/m0/s1. The second-order valence-corrected chi connectivity index (χ2v) is 9.43. The van der Waals surface area contributed by atoms with Gasteiger partial charge in [0.05, 0.1) is 29.6 Å². The Morgan fingerprint density at radius 1 is 1.12 bits per heavy atom. The lowest BCUT2D eigenvalue weighted by atomic mass is 9.87. The van der Waals surface area contributed by atoms with Crippen molar-refractivity contribution in [3.05, 3.63) is 59.8 Å². The van der Waals surface area contributed by atoms with Gasteiger partial charge in [-0.15, -0.1) is 0 Å². The second-order valence-electron chi connectivity index (χ2n) is 9.00. The summed E-state index contributed by atoms with van der Waals surface area (Å²) in [6.45, 7) is 10.3. The van der Waals surface area contributed by atoms with Crippen LogP contribution in [0.4, 0.5) is 16.6 Å². The first-order valence-corrected chi connectivity index (χ1v) is 11.0. The molecule has 0 aliphatic carbocycles. The highest BCUT2D eigenvalue weighted by atomic mass is 35.5. The molecule has 1 fully saturated rings. The van der Waals surface area contributed by atoms with E-state index in [9.17, 15) is 4.79 Å². The van der Waals surface area contributed by atoms with Crippen LogP contribution in [0.2, 0.25) is 5.02 Å². The second kappa shape index (κ2) is 8.43. The van der Waals surface area contributed by atoms with Crippen LogP contribution in [0.15, 0.2) is 49.1 Å². The molecule has 3 heterocycles. The zero-order chi connectivity index (χ0) is 23.0. The van der Waals surface area contributed by atoms with Crippen molar-refractivity contribution in [2.24, 2.45) is 5.92 Å². The van der Waals surface area contributed by atoms with E-state index in [2.05, 4.69) is 39.4 Å². The van der Waals surface area contributed by atoms with E-state index in [-0.39, 0.29) is 29.6 Å². The molecule has 1 saturated heterocycles. The molecule has 32 heavy (non-hydrogen) atoms. The first-order valence-electron chi connectivity index (χ1n) is 10.7. The molecule has 2 amide bonds. The number of anilines is 2. The van der Waals surface area contributed by atoms with Gasteiger partial charge in [0.2, 0.25) is 5.95 Å². The molecule has 0 unspecified atom stereocenters. The van der Waals surface area contributed by atoms with Gasteiger partial charge in [-0.3, -0.25) is 4.90 Å².